The Kier molecular flexibility index (Phi) is 6.58. The molecule has 1 rings (SSSR count). The normalized spacial score (nSPS) is 13.6. The topological polar surface area (TPSA) is 66.4 Å². The van der Waals surface area contributed by atoms with Crippen molar-refractivity contribution in [3.63, 3.8) is 0 Å². The van der Waals surface area contributed by atoms with Gasteiger partial charge in [-0.05, 0) is 24.5 Å². The van der Waals surface area contributed by atoms with Gasteiger partial charge in [0.05, 0.1) is 5.75 Å². The van der Waals surface area contributed by atoms with E-state index in [9.17, 15) is 9.59 Å². The van der Waals surface area contributed by atoms with Gasteiger partial charge in [0.1, 0.15) is 6.04 Å². The lowest BCUT2D eigenvalue weighted by Gasteiger charge is -2.20. The van der Waals surface area contributed by atoms with E-state index in [0.717, 1.165) is 10.5 Å². The van der Waals surface area contributed by atoms with Crippen LogP contribution in [0.25, 0.3) is 0 Å². The van der Waals surface area contributed by atoms with Crippen LogP contribution in [0.4, 0.5) is 0 Å². The number of amides is 1. The maximum atomic E-state index is 11.9. The number of thioether (sulfide) groups is 1. The van der Waals surface area contributed by atoms with Gasteiger partial charge in [0.15, 0.2) is 0 Å². The summed E-state index contributed by atoms with van der Waals surface area (Å²) < 4.78 is 0. The fraction of sp³-hybridized carbons (Fsp3) is 0.467. The highest BCUT2D eigenvalue weighted by molar-refractivity contribution is 8.00. The SMILES string of the molecule is CCC(C)[C@H](NC(=O)CSc1ccccc1C)C(=O)O. The molecule has 0 fully saturated rings. The third-order valence-electron chi connectivity index (χ3n) is 3.25. The molecule has 0 spiro atoms. The smallest absolute Gasteiger partial charge is 0.326 e. The van der Waals surface area contributed by atoms with E-state index in [1.165, 1.54) is 11.8 Å². The number of nitrogens with one attached hydrogen (secondary N) is 1. The molecule has 20 heavy (non-hydrogen) atoms. The van der Waals surface area contributed by atoms with Crippen molar-refractivity contribution in [3.05, 3.63) is 29.8 Å². The second kappa shape index (κ2) is 7.94. The average Bonchev–Trinajstić information content (AvgIpc) is 2.42. The van der Waals surface area contributed by atoms with Gasteiger partial charge < -0.3 is 10.4 Å². The van der Waals surface area contributed by atoms with Crippen LogP contribution in [0.5, 0.6) is 0 Å². The summed E-state index contributed by atoms with van der Waals surface area (Å²) in [5.74, 6) is -1.08. The number of hydrogen-bond donors (Lipinski definition) is 2. The Bertz CT molecular complexity index is 476. The highest BCUT2D eigenvalue weighted by Crippen LogP contribution is 2.21. The molecule has 2 N–H and O–H groups in total. The number of aliphatic carboxylic acids is 1. The van der Waals surface area contributed by atoms with Gasteiger partial charge >= 0.3 is 5.97 Å². The van der Waals surface area contributed by atoms with E-state index in [1.54, 1.807) is 0 Å². The maximum absolute atomic E-state index is 11.9. The van der Waals surface area contributed by atoms with E-state index in [4.69, 9.17) is 5.11 Å². The van der Waals surface area contributed by atoms with Gasteiger partial charge in [-0.2, -0.15) is 0 Å². The monoisotopic (exact) mass is 295 g/mol. The van der Waals surface area contributed by atoms with Crippen molar-refractivity contribution >= 4 is 23.6 Å². The summed E-state index contributed by atoms with van der Waals surface area (Å²) in [7, 11) is 0. The highest BCUT2D eigenvalue weighted by Gasteiger charge is 2.25. The number of carbonyl (C=O) groups is 2. The van der Waals surface area contributed by atoms with Crippen molar-refractivity contribution in [1.29, 1.82) is 0 Å². The maximum Gasteiger partial charge on any atom is 0.326 e. The third kappa shape index (κ3) is 4.89. The molecule has 0 saturated heterocycles. The molecule has 1 aromatic carbocycles. The summed E-state index contributed by atoms with van der Waals surface area (Å²) in [6, 6.07) is 7.00. The van der Waals surface area contributed by atoms with Crippen LogP contribution < -0.4 is 5.32 Å². The molecule has 1 aromatic rings. The zero-order valence-electron chi connectivity index (χ0n) is 12.1. The molecular formula is C15H21NO3S. The van der Waals surface area contributed by atoms with Gasteiger partial charge in [-0.3, -0.25) is 4.79 Å². The zero-order valence-corrected chi connectivity index (χ0v) is 12.9. The number of hydrogen-bond acceptors (Lipinski definition) is 3. The fourth-order valence-corrected chi connectivity index (χ4v) is 2.60. The molecular weight excluding hydrogens is 274 g/mol. The lowest BCUT2D eigenvalue weighted by molar-refractivity contribution is -0.143. The van der Waals surface area contributed by atoms with Crippen LogP contribution in [0.15, 0.2) is 29.2 Å². The third-order valence-corrected chi connectivity index (χ3v) is 4.42. The Morgan fingerprint density at radius 1 is 1.35 bits per heavy atom. The first-order valence-corrected chi connectivity index (χ1v) is 7.64. The summed E-state index contributed by atoms with van der Waals surface area (Å²) in [4.78, 5) is 24.0. The Labute approximate surface area is 124 Å². The number of carboxylic acids is 1. The molecule has 5 heteroatoms. The fourth-order valence-electron chi connectivity index (χ4n) is 1.76. The minimum absolute atomic E-state index is 0.0834. The molecule has 0 bridgehead atoms. The van der Waals surface area contributed by atoms with E-state index in [-0.39, 0.29) is 17.6 Å². The van der Waals surface area contributed by atoms with Crippen molar-refractivity contribution in [2.75, 3.05) is 5.75 Å². The zero-order chi connectivity index (χ0) is 15.1. The molecule has 4 nitrogen and oxygen atoms in total. The van der Waals surface area contributed by atoms with Gasteiger partial charge in [0.25, 0.3) is 0 Å². The van der Waals surface area contributed by atoms with Crippen LogP contribution in [-0.2, 0) is 9.59 Å². The molecule has 0 aliphatic carbocycles. The van der Waals surface area contributed by atoms with Crippen molar-refractivity contribution < 1.29 is 14.7 Å². The molecule has 0 aromatic heterocycles. The predicted molar refractivity (Wildman–Crippen MR) is 80.9 cm³/mol. The summed E-state index contributed by atoms with van der Waals surface area (Å²) >= 11 is 1.42. The minimum Gasteiger partial charge on any atom is -0.480 e. The van der Waals surface area contributed by atoms with E-state index in [0.29, 0.717) is 6.42 Å². The van der Waals surface area contributed by atoms with E-state index < -0.39 is 12.0 Å². The van der Waals surface area contributed by atoms with Gasteiger partial charge in [0, 0.05) is 4.90 Å². The van der Waals surface area contributed by atoms with Crippen LogP contribution in [0, 0.1) is 12.8 Å². The standard InChI is InChI=1S/C15H21NO3S/c1-4-10(2)14(15(18)19)16-13(17)9-20-12-8-6-5-7-11(12)3/h5-8,10,14H,4,9H2,1-3H3,(H,16,17)(H,18,19)/t10?,14-/m0/s1. The Balaban J connectivity index is 2.55. The molecule has 0 radical (unpaired) electrons. The largest absolute Gasteiger partial charge is 0.480 e. The lowest BCUT2D eigenvalue weighted by atomic mass is 9.99. The number of carbonyl (C=O) groups excluding carboxylic acids is 1. The average molecular weight is 295 g/mol. The van der Waals surface area contributed by atoms with Gasteiger partial charge in [-0.25, -0.2) is 4.79 Å². The minimum atomic E-state index is -0.978. The summed E-state index contributed by atoms with van der Waals surface area (Å²) in [5.41, 5.74) is 1.11. The van der Waals surface area contributed by atoms with Crippen LogP contribution in [0.2, 0.25) is 0 Å². The van der Waals surface area contributed by atoms with Gasteiger partial charge in [0.2, 0.25) is 5.91 Å². The van der Waals surface area contributed by atoms with Crippen LogP contribution >= 0.6 is 11.8 Å². The van der Waals surface area contributed by atoms with E-state index >= 15 is 0 Å². The summed E-state index contributed by atoms with van der Waals surface area (Å²) in [6.45, 7) is 5.72. The number of carboxylic acid groups (broad SMARTS) is 1. The van der Waals surface area contributed by atoms with Crippen molar-refractivity contribution in [2.24, 2.45) is 5.92 Å². The van der Waals surface area contributed by atoms with Crippen LogP contribution in [0.1, 0.15) is 25.8 Å². The molecule has 1 unspecified atom stereocenters. The Hall–Kier alpha value is -1.49. The van der Waals surface area contributed by atoms with Gasteiger partial charge in [-0.1, -0.05) is 38.5 Å². The first-order valence-electron chi connectivity index (χ1n) is 6.66. The number of rotatable bonds is 7. The van der Waals surface area contributed by atoms with E-state index in [1.807, 2.05) is 45.0 Å². The molecule has 0 aliphatic heterocycles. The van der Waals surface area contributed by atoms with Crippen molar-refractivity contribution in [2.45, 2.75) is 38.1 Å². The van der Waals surface area contributed by atoms with Crippen LogP contribution in [0.3, 0.4) is 0 Å². The first-order chi connectivity index (χ1) is 9.45. The second-order valence-corrected chi connectivity index (χ2v) is 5.84. The van der Waals surface area contributed by atoms with Gasteiger partial charge in [-0.15, -0.1) is 11.8 Å². The second-order valence-electron chi connectivity index (χ2n) is 4.82. The number of aryl methyl sites for hydroxylation is 1. The lowest BCUT2D eigenvalue weighted by Crippen LogP contribution is -2.45. The highest BCUT2D eigenvalue weighted by atomic mass is 32.2. The van der Waals surface area contributed by atoms with Crippen molar-refractivity contribution in [1.82, 2.24) is 5.32 Å². The first kappa shape index (κ1) is 16.6. The Morgan fingerprint density at radius 3 is 2.55 bits per heavy atom. The molecule has 0 heterocycles. The van der Waals surface area contributed by atoms with Crippen molar-refractivity contribution in [3.8, 4) is 0 Å². The molecule has 0 aliphatic rings. The summed E-state index contributed by atoms with van der Waals surface area (Å²) in [6.07, 6.45) is 0.710. The quantitative estimate of drug-likeness (QED) is 0.759. The number of benzene rings is 1. The molecule has 110 valence electrons. The molecule has 1 amide bonds. The molecule has 0 saturated carbocycles. The van der Waals surface area contributed by atoms with Crippen LogP contribution in [-0.4, -0.2) is 28.8 Å². The molecule has 2 atom stereocenters. The van der Waals surface area contributed by atoms with E-state index in [2.05, 4.69) is 5.32 Å². The summed E-state index contributed by atoms with van der Waals surface area (Å²) in [5, 5.41) is 11.7. The Morgan fingerprint density at radius 2 is 2.00 bits per heavy atom. The predicted octanol–water partition coefficient (Wildman–Crippen LogP) is 2.70.